The van der Waals surface area contributed by atoms with E-state index in [-0.39, 0.29) is 24.2 Å². The number of para-hydroxylation sites is 1. The van der Waals surface area contributed by atoms with Crippen molar-refractivity contribution in [2.45, 2.75) is 57.0 Å². The molecule has 0 aliphatic carbocycles. The lowest BCUT2D eigenvalue weighted by Gasteiger charge is -2.27. The molecule has 1 aromatic heterocycles. The van der Waals surface area contributed by atoms with Crippen molar-refractivity contribution < 1.29 is 14.0 Å². The first-order valence-corrected chi connectivity index (χ1v) is 12.8. The van der Waals surface area contributed by atoms with Crippen molar-refractivity contribution >= 4 is 29.3 Å². The number of likely N-dealkylation sites (tertiary alicyclic amines) is 1. The first-order chi connectivity index (χ1) is 16.8. The van der Waals surface area contributed by atoms with Crippen LogP contribution < -0.4 is 5.32 Å². The second-order valence-electron chi connectivity index (χ2n) is 8.98. The Balaban J connectivity index is 1.57. The number of aryl methyl sites for hydroxylation is 2. The van der Waals surface area contributed by atoms with E-state index in [9.17, 15) is 14.0 Å². The number of piperidine rings is 1. The SMILES string of the molecule is Cc1cccc(C)c1NC(=O)[C@@H](C)Sc1ncc(-c2ccc(F)cc2)n1CC(=O)N1CCCCC1. The number of carbonyl (C=O) groups is 2. The molecule has 4 rings (SSSR count). The van der Waals surface area contributed by atoms with E-state index >= 15 is 0 Å². The summed E-state index contributed by atoms with van der Waals surface area (Å²) >= 11 is 1.31. The summed E-state index contributed by atoms with van der Waals surface area (Å²) in [6.45, 7) is 7.41. The lowest BCUT2D eigenvalue weighted by atomic mass is 10.1. The Bertz CT molecular complexity index is 1180. The van der Waals surface area contributed by atoms with Gasteiger partial charge in [0.15, 0.2) is 5.16 Å². The van der Waals surface area contributed by atoms with E-state index in [2.05, 4.69) is 10.3 Å². The van der Waals surface area contributed by atoms with Gasteiger partial charge < -0.3 is 14.8 Å². The molecule has 1 aliphatic rings. The zero-order chi connectivity index (χ0) is 24.9. The number of rotatable bonds is 7. The third kappa shape index (κ3) is 5.93. The van der Waals surface area contributed by atoms with Crippen LogP contribution in [0.3, 0.4) is 0 Å². The zero-order valence-electron chi connectivity index (χ0n) is 20.4. The van der Waals surface area contributed by atoms with Crippen molar-refractivity contribution in [1.82, 2.24) is 14.5 Å². The molecule has 0 saturated carbocycles. The van der Waals surface area contributed by atoms with Crippen molar-refractivity contribution in [3.8, 4) is 11.3 Å². The molecule has 35 heavy (non-hydrogen) atoms. The van der Waals surface area contributed by atoms with E-state index in [1.54, 1.807) is 18.3 Å². The van der Waals surface area contributed by atoms with Crippen LogP contribution in [0.2, 0.25) is 0 Å². The van der Waals surface area contributed by atoms with E-state index in [0.717, 1.165) is 60.4 Å². The van der Waals surface area contributed by atoms with Crippen molar-refractivity contribution in [3.63, 3.8) is 0 Å². The number of amides is 2. The van der Waals surface area contributed by atoms with Crippen LogP contribution in [-0.4, -0.2) is 44.6 Å². The topological polar surface area (TPSA) is 67.2 Å². The van der Waals surface area contributed by atoms with Crippen LogP contribution in [0.15, 0.2) is 53.8 Å². The van der Waals surface area contributed by atoms with Gasteiger partial charge in [-0.15, -0.1) is 0 Å². The van der Waals surface area contributed by atoms with Gasteiger partial charge >= 0.3 is 0 Å². The molecule has 0 unspecified atom stereocenters. The van der Waals surface area contributed by atoms with Crippen molar-refractivity contribution in [2.24, 2.45) is 0 Å². The number of hydrogen-bond acceptors (Lipinski definition) is 4. The number of aromatic nitrogens is 2. The number of imidazole rings is 1. The average molecular weight is 495 g/mol. The van der Waals surface area contributed by atoms with Crippen LogP contribution in [0.4, 0.5) is 10.1 Å². The molecule has 0 bridgehead atoms. The smallest absolute Gasteiger partial charge is 0.242 e. The van der Waals surface area contributed by atoms with E-state index in [4.69, 9.17) is 0 Å². The van der Waals surface area contributed by atoms with Gasteiger partial charge in [0.1, 0.15) is 12.4 Å². The minimum Gasteiger partial charge on any atom is -0.341 e. The molecule has 1 aliphatic heterocycles. The Labute approximate surface area is 209 Å². The van der Waals surface area contributed by atoms with Gasteiger partial charge in [-0.25, -0.2) is 9.37 Å². The molecule has 8 heteroatoms. The summed E-state index contributed by atoms with van der Waals surface area (Å²) in [4.78, 5) is 32.6. The number of hydrogen-bond donors (Lipinski definition) is 1. The summed E-state index contributed by atoms with van der Waals surface area (Å²) < 4.78 is 15.4. The van der Waals surface area contributed by atoms with Gasteiger partial charge in [0.05, 0.1) is 17.1 Å². The van der Waals surface area contributed by atoms with Gasteiger partial charge in [0.2, 0.25) is 11.8 Å². The first kappa shape index (κ1) is 25.0. The third-order valence-electron chi connectivity index (χ3n) is 6.34. The summed E-state index contributed by atoms with van der Waals surface area (Å²) in [6.07, 6.45) is 4.86. The fourth-order valence-electron chi connectivity index (χ4n) is 4.28. The highest BCUT2D eigenvalue weighted by Crippen LogP contribution is 2.30. The number of nitrogens with zero attached hydrogens (tertiary/aromatic N) is 3. The predicted molar refractivity (Wildman–Crippen MR) is 138 cm³/mol. The number of carbonyl (C=O) groups excluding carboxylic acids is 2. The molecule has 0 radical (unpaired) electrons. The third-order valence-corrected chi connectivity index (χ3v) is 7.45. The number of nitrogens with one attached hydrogen (secondary N) is 1. The second kappa shape index (κ2) is 11.1. The number of halogens is 1. The van der Waals surface area contributed by atoms with Crippen LogP contribution in [0.25, 0.3) is 11.3 Å². The second-order valence-corrected chi connectivity index (χ2v) is 10.3. The molecule has 3 aromatic rings. The van der Waals surface area contributed by atoms with Crippen LogP contribution in [0.1, 0.15) is 37.3 Å². The Morgan fingerprint density at radius 1 is 1.06 bits per heavy atom. The van der Waals surface area contributed by atoms with Crippen molar-refractivity contribution in [2.75, 3.05) is 18.4 Å². The van der Waals surface area contributed by atoms with Gasteiger partial charge in [-0.1, -0.05) is 30.0 Å². The van der Waals surface area contributed by atoms with Crippen molar-refractivity contribution in [3.05, 3.63) is 65.6 Å². The minimum absolute atomic E-state index is 0.0283. The highest BCUT2D eigenvalue weighted by molar-refractivity contribution is 8.00. The Morgan fingerprint density at radius 2 is 1.71 bits per heavy atom. The molecular formula is C27H31FN4O2S. The van der Waals surface area contributed by atoms with Gasteiger partial charge in [-0.2, -0.15) is 0 Å². The largest absolute Gasteiger partial charge is 0.341 e. The highest BCUT2D eigenvalue weighted by Gasteiger charge is 2.24. The molecule has 6 nitrogen and oxygen atoms in total. The number of thioether (sulfide) groups is 1. The van der Waals surface area contributed by atoms with E-state index in [1.807, 2.05) is 48.4 Å². The van der Waals surface area contributed by atoms with Crippen molar-refractivity contribution in [1.29, 1.82) is 0 Å². The van der Waals surface area contributed by atoms with E-state index < -0.39 is 5.25 Å². The van der Waals surface area contributed by atoms with Gasteiger partial charge in [0, 0.05) is 18.8 Å². The van der Waals surface area contributed by atoms with Crippen LogP contribution in [-0.2, 0) is 16.1 Å². The average Bonchev–Trinajstić information content (AvgIpc) is 3.24. The highest BCUT2D eigenvalue weighted by atomic mass is 32.2. The summed E-state index contributed by atoms with van der Waals surface area (Å²) in [5.41, 5.74) is 4.32. The molecule has 1 atom stereocenters. The number of benzene rings is 2. The normalized spacial score (nSPS) is 14.6. The molecule has 2 heterocycles. The molecule has 184 valence electrons. The monoisotopic (exact) mass is 494 g/mol. The van der Waals surface area contributed by atoms with Crippen LogP contribution in [0, 0.1) is 19.7 Å². The maximum Gasteiger partial charge on any atom is 0.242 e. The summed E-state index contributed by atoms with van der Waals surface area (Å²) in [6, 6.07) is 12.0. The Kier molecular flexibility index (Phi) is 7.90. The molecule has 1 saturated heterocycles. The maximum absolute atomic E-state index is 13.5. The summed E-state index contributed by atoms with van der Waals surface area (Å²) in [5, 5.41) is 3.18. The summed E-state index contributed by atoms with van der Waals surface area (Å²) in [5.74, 6) is -0.427. The van der Waals surface area contributed by atoms with E-state index in [1.165, 1.54) is 23.9 Å². The quantitative estimate of drug-likeness (QED) is 0.444. The van der Waals surface area contributed by atoms with Crippen LogP contribution in [0.5, 0.6) is 0 Å². The molecule has 2 aromatic carbocycles. The molecule has 2 amide bonds. The fraction of sp³-hybridized carbons (Fsp3) is 0.370. The molecule has 1 N–H and O–H groups in total. The Hall–Kier alpha value is -3.13. The summed E-state index contributed by atoms with van der Waals surface area (Å²) in [7, 11) is 0. The predicted octanol–water partition coefficient (Wildman–Crippen LogP) is 5.44. The fourth-order valence-corrected chi connectivity index (χ4v) is 5.17. The lowest BCUT2D eigenvalue weighted by Crippen LogP contribution is -2.38. The zero-order valence-corrected chi connectivity index (χ0v) is 21.2. The molecular weight excluding hydrogens is 463 g/mol. The lowest BCUT2D eigenvalue weighted by molar-refractivity contribution is -0.132. The van der Waals surface area contributed by atoms with Gasteiger partial charge in [-0.05, 0) is 81.0 Å². The number of anilines is 1. The first-order valence-electron chi connectivity index (χ1n) is 12.0. The maximum atomic E-state index is 13.5. The van der Waals surface area contributed by atoms with Gasteiger partial charge in [-0.3, -0.25) is 9.59 Å². The van der Waals surface area contributed by atoms with E-state index in [0.29, 0.717) is 5.16 Å². The minimum atomic E-state index is -0.443. The standard InChI is InChI=1S/C27H31FN4O2S/c1-18-8-7-9-19(2)25(18)30-26(34)20(3)35-27-29-16-23(21-10-12-22(28)13-11-21)32(27)17-24(33)31-14-5-4-6-15-31/h7-13,16,20H,4-6,14-15,17H2,1-3H3,(H,30,34)/t20-/m1/s1. The molecule has 0 spiro atoms. The van der Waals surface area contributed by atoms with Gasteiger partial charge in [0.25, 0.3) is 0 Å². The molecule has 1 fully saturated rings. The Morgan fingerprint density at radius 3 is 2.37 bits per heavy atom. The van der Waals surface area contributed by atoms with Crippen LogP contribution >= 0.6 is 11.8 Å².